The Hall–Kier alpha value is -3.01. The van der Waals surface area contributed by atoms with E-state index >= 15 is 0 Å². The van der Waals surface area contributed by atoms with E-state index in [1.807, 2.05) is 11.0 Å². The van der Waals surface area contributed by atoms with Crippen LogP contribution in [0.5, 0.6) is 0 Å². The number of likely N-dealkylation sites (tertiary alicyclic amines) is 2. The normalized spacial score (nSPS) is 26.6. The molecule has 192 valence electrons. The molecule has 2 saturated heterocycles. The van der Waals surface area contributed by atoms with Crippen molar-refractivity contribution in [3.8, 4) is 0 Å². The third-order valence-electron chi connectivity index (χ3n) is 7.91. The van der Waals surface area contributed by atoms with Crippen molar-refractivity contribution in [1.29, 1.82) is 0 Å². The van der Waals surface area contributed by atoms with Gasteiger partial charge in [-0.25, -0.2) is 9.97 Å². The molecule has 0 bridgehead atoms. The van der Waals surface area contributed by atoms with Gasteiger partial charge in [-0.3, -0.25) is 14.5 Å². The maximum atomic E-state index is 12.9. The number of hydrogen-bond acceptors (Lipinski definition) is 5. The highest BCUT2D eigenvalue weighted by Gasteiger charge is 2.46. The number of nitrogens with one attached hydrogen (secondary N) is 1. The van der Waals surface area contributed by atoms with Gasteiger partial charge in [0.15, 0.2) is 0 Å². The van der Waals surface area contributed by atoms with Gasteiger partial charge in [0.25, 0.3) is 5.91 Å². The molecule has 1 saturated carbocycles. The van der Waals surface area contributed by atoms with Crippen LogP contribution >= 0.6 is 0 Å². The number of benzene rings is 1. The number of carbonyl (C=O) groups is 2. The SMILES string of the molecule is O=C(NCC(=O)N1CCC2C1CCN2C1CCC(c2ncccn2)CC1)c1cccc(C(F)(F)F)c1. The van der Waals surface area contributed by atoms with E-state index in [-0.39, 0.29) is 24.1 Å². The Morgan fingerprint density at radius 2 is 1.67 bits per heavy atom. The second-order valence-electron chi connectivity index (χ2n) is 9.91. The fourth-order valence-corrected chi connectivity index (χ4v) is 6.17. The van der Waals surface area contributed by atoms with Crippen molar-refractivity contribution in [2.45, 2.75) is 68.7 Å². The Kier molecular flexibility index (Phi) is 6.96. The van der Waals surface area contributed by atoms with Gasteiger partial charge in [0.2, 0.25) is 5.91 Å². The number of carbonyl (C=O) groups excluding carboxylic acids is 2. The highest BCUT2D eigenvalue weighted by Crippen LogP contribution is 2.39. The molecule has 1 N–H and O–H groups in total. The average molecular weight is 502 g/mol. The van der Waals surface area contributed by atoms with E-state index in [1.165, 1.54) is 12.1 Å². The third-order valence-corrected chi connectivity index (χ3v) is 7.91. The second kappa shape index (κ2) is 10.2. The number of nitrogens with zero attached hydrogens (tertiary/aromatic N) is 4. The smallest absolute Gasteiger partial charge is 0.343 e. The number of alkyl halides is 3. The van der Waals surface area contributed by atoms with E-state index in [0.29, 0.717) is 24.5 Å². The fraction of sp³-hybridized carbons (Fsp3) is 0.538. The predicted molar refractivity (Wildman–Crippen MR) is 126 cm³/mol. The van der Waals surface area contributed by atoms with Crippen LogP contribution in [0, 0.1) is 0 Å². The lowest BCUT2D eigenvalue weighted by Crippen LogP contribution is -2.46. The van der Waals surface area contributed by atoms with Gasteiger partial charge in [-0.05, 0) is 62.8 Å². The van der Waals surface area contributed by atoms with Crippen molar-refractivity contribution in [2.24, 2.45) is 0 Å². The monoisotopic (exact) mass is 501 g/mol. The molecule has 2 amide bonds. The molecule has 1 aromatic carbocycles. The van der Waals surface area contributed by atoms with Crippen molar-refractivity contribution < 1.29 is 22.8 Å². The van der Waals surface area contributed by atoms with Gasteiger partial charge >= 0.3 is 6.18 Å². The first kappa shape index (κ1) is 24.7. The van der Waals surface area contributed by atoms with Gasteiger partial charge < -0.3 is 10.2 Å². The van der Waals surface area contributed by atoms with Crippen LogP contribution in [0.3, 0.4) is 0 Å². The molecule has 10 heteroatoms. The number of amides is 2. The van der Waals surface area contributed by atoms with E-state index in [9.17, 15) is 22.8 Å². The molecule has 3 fully saturated rings. The van der Waals surface area contributed by atoms with Crippen LogP contribution in [-0.4, -0.2) is 69.3 Å². The van der Waals surface area contributed by atoms with Crippen molar-refractivity contribution in [3.05, 3.63) is 59.7 Å². The Labute approximate surface area is 208 Å². The largest absolute Gasteiger partial charge is 0.416 e. The lowest BCUT2D eigenvalue weighted by Gasteiger charge is -2.37. The maximum Gasteiger partial charge on any atom is 0.416 e. The van der Waals surface area contributed by atoms with Crippen molar-refractivity contribution >= 4 is 11.8 Å². The van der Waals surface area contributed by atoms with Crippen molar-refractivity contribution in [1.82, 2.24) is 25.1 Å². The molecular formula is C26H30F3N5O2. The summed E-state index contributed by atoms with van der Waals surface area (Å²) < 4.78 is 38.8. The number of halogens is 3. The summed E-state index contributed by atoms with van der Waals surface area (Å²) in [6.45, 7) is 1.37. The van der Waals surface area contributed by atoms with E-state index in [1.54, 1.807) is 12.4 Å². The first-order valence-electron chi connectivity index (χ1n) is 12.6. The zero-order valence-electron chi connectivity index (χ0n) is 20.0. The zero-order chi connectivity index (χ0) is 25.3. The van der Waals surface area contributed by atoms with Gasteiger partial charge in [0.1, 0.15) is 5.82 Å². The predicted octanol–water partition coefficient (Wildman–Crippen LogP) is 3.63. The summed E-state index contributed by atoms with van der Waals surface area (Å²) in [5.74, 6) is 0.468. The molecule has 7 nitrogen and oxygen atoms in total. The van der Waals surface area contributed by atoms with Gasteiger partial charge in [0, 0.05) is 55.1 Å². The number of fused-ring (bicyclic) bond motifs is 1. The Balaban J connectivity index is 1.13. The van der Waals surface area contributed by atoms with Gasteiger partial charge in [-0.1, -0.05) is 6.07 Å². The molecule has 1 aromatic heterocycles. The minimum absolute atomic E-state index is 0.111. The molecule has 3 aliphatic rings. The van der Waals surface area contributed by atoms with Crippen LogP contribution in [0.15, 0.2) is 42.7 Å². The average Bonchev–Trinajstić information content (AvgIpc) is 3.50. The first-order valence-corrected chi connectivity index (χ1v) is 12.6. The highest BCUT2D eigenvalue weighted by molar-refractivity contribution is 5.96. The third kappa shape index (κ3) is 5.09. The number of hydrogen-bond donors (Lipinski definition) is 1. The Morgan fingerprint density at radius 3 is 2.39 bits per heavy atom. The van der Waals surface area contributed by atoms with Gasteiger partial charge in [-0.15, -0.1) is 0 Å². The summed E-state index contributed by atoms with van der Waals surface area (Å²) >= 11 is 0. The van der Waals surface area contributed by atoms with E-state index < -0.39 is 17.6 Å². The van der Waals surface area contributed by atoms with Crippen LogP contribution in [0.2, 0.25) is 0 Å². The van der Waals surface area contributed by atoms with Crippen LogP contribution < -0.4 is 5.32 Å². The molecule has 1 aliphatic carbocycles. The summed E-state index contributed by atoms with van der Waals surface area (Å²) in [5, 5.41) is 2.51. The zero-order valence-corrected chi connectivity index (χ0v) is 20.0. The fourth-order valence-electron chi connectivity index (χ4n) is 6.17. The summed E-state index contributed by atoms with van der Waals surface area (Å²) in [5.41, 5.74) is -0.999. The van der Waals surface area contributed by atoms with Crippen LogP contribution in [0.25, 0.3) is 0 Å². The lowest BCUT2D eigenvalue weighted by molar-refractivity contribution is -0.137. The summed E-state index contributed by atoms with van der Waals surface area (Å²) in [4.78, 5) is 38.6. The molecule has 3 heterocycles. The van der Waals surface area contributed by atoms with E-state index in [4.69, 9.17) is 0 Å². The van der Waals surface area contributed by atoms with Gasteiger partial charge in [0.05, 0.1) is 12.1 Å². The van der Waals surface area contributed by atoms with E-state index in [2.05, 4.69) is 20.2 Å². The summed E-state index contributed by atoms with van der Waals surface area (Å²) in [7, 11) is 0. The molecular weight excluding hydrogens is 471 g/mol. The summed E-state index contributed by atoms with van der Waals surface area (Å²) in [6, 6.07) is 7.01. The molecule has 5 rings (SSSR count). The van der Waals surface area contributed by atoms with Crippen LogP contribution in [0.4, 0.5) is 13.2 Å². The quantitative estimate of drug-likeness (QED) is 0.677. The number of rotatable bonds is 5. The topological polar surface area (TPSA) is 78.4 Å². The molecule has 2 unspecified atom stereocenters. The Bertz CT molecular complexity index is 1090. The lowest BCUT2D eigenvalue weighted by atomic mass is 9.84. The standard InChI is InChI=1S/C26H30F3N5O2/c27-26(28,29)19-4-1-3-18(15-19)25(36)32-16-23(35)34-14-10-21-22(34)9-13-33(21)20-7-5-17(6-8-20)24-30-11-2-12-31-24/h1-4,11-12,15,17,20-22H,5-10,13-14,16H2,(H,32,36). The molecule has 0 radical (unpaired) electrons. The van der Waals surface area contributed by atoms with Crippen molar-refractivity contribution in [2.75, 3.05) is 19.6 Å². The molecule has 2 aromatic rings. The highest BCUT2D eigenvalue weighted by atomic mass is 19.4. The van der Waals surface area contributed by atoms with Gasteiger partial charge in [-0.2, -0.15) is 13.2 Å². The molecule has 0 spiro atoms. The molecule has 2 aliphatic heterocycles. The maximum absolute atomic E-state index is 12.9. The number of aromatic nitrogens is 2. The van der Waals surface area contributed by atoms with Crippen LogP contribution in [-0.2, 0) is 11.0 Å². The van der Waals surface area contributed by atoms with Crippen LogP contribution in [0.1, 0.15) is 66.2 Å². The first-order chi connectivity index (χ1) is 17.3. The summed E-state index contributed by atoms with van der Waals surface area (Å²) in [6.07, 6.45) is 5.18. The molecule has 2 atom stereocenters. The second-order valence-corrected chi connectivity index (χ2v) is 9.91. The van der Waals surface area contributed by atoms with Crippen molar-refractivity contribution in [3.63, 3.8) is 0 Å². The minimum Gasteiger partial charge on any atom is -0.343 e. The molecule has 36 heavy (non-hydrogen) atoms. The minimum atomic E-state index is -4.53. The van der Waals surface area contributed by atoms with E-state index in [0.717, 1.165) is 63.0 Å². The Morgan fingerprint density at radius 1 is 0.944 bits per heavy atom.